The van der Waals surface area contributed by atoms with Crippen LogP contribution in [-0.2, 0) is 10.2 Å². The predicted molar refractivity (Wildman–Crippen MR) is 124 cm³/mol. The predicted octanol–water partition coefficient (Wildman–Crippen LogP) is 4.61. The van der Waals surface area contributed by atoms with Gasteiger partial charge in [0.05, 0.1) is 0 Å². The molecule has 4 heteroatoms. The number of benzene rings is 2. The maximum Gasteiger partial charge on any atom is 0.263 e. The van der Waals surface area contributed by atoms with Crippen molar-refractivity contribution in [1.29, 1.82) is 0 Å². The molecule has 1 heterocycles. The average Bonchev–Trinajstić information content (AvgIpc) is 2.74. The second-order valence-corrected chi connectivity index (χ2v) is 8.97. The van der Waals surface area contributed by atoms with E-state index < -0.39 is 6.10 Å². The first-order valence-electron chi connectivity index (χ1n) is 10.8. The normalized spacial score (nSPS) is 16.6. The fourth-order valence-corrected chi connectivity index (χ4v) is 3.60. The van der Waals surface area contributed by atoms with Crippen molar-refractivity contribution in [2.24, 2.45) is 0 Å². The minimum Gasteiger partial charge on any atom is -0.481 e. The van der Waals surface area contributed by atoms with Gasteiger partial charge in [-0.1, -0.05) is 75.4 Å². The van der Waals surface area contributed by atoms with E-state index in [-0.39, 0.29) is 11.3 Å². The molecule has 0 aromatic heterocycles. The van der Waals surface area contributed by atoms with Gasteiger partial charge in [-0.3, -0.25) is 9.69 Å². The van der Waals surface area contributed by atoms with Crippen molar-refractivity contribution in [1.82, 2.24) is 9.80 Å². The summed E-state index contributed by atoms with van der Waals surface area (Å²) >= 11 is 0. The number of piperazine rings is 1. The lowest BCUT2D eigenvalue weighted by Gasteiger charge is -2.35. The zero-order valence-corrected chi connectivity index (χ0v) is 18.7. The van der Waals surface area contributed by atoms with Crippen LogP contribution in [0.5, 0.6) is 5.75 Å². The van der Waals surface area contributed by atoms with Gasteiger partial charge in [-0.2, -0.15) is 0 Å². The molecule has 4 nitrogen and oxygen atoms in total. The summed E-state index contributed by atoms with van der Waals surface area (Å²) < 4.78 is 5.92. The molecule has 0 spiro atoms. The van der Waals surface area contributed by atoms with Crippen molar-refractivity contribution in [3.8, 4) is 5.75 Å². The monoisotopic (exact) mass is 406 g/mol. The average molecular weight is 407 g/mol. The number of hydrogen-bond acceptors (Lipinski definition) is 3. The fourth-order valence-electron chi connectivity index (χ4n) is 3.60. The van der Waals surface area contributed by atoms with E-state index in [1.54, 1.807) is 0 Å². The second kappa shape index (κ2) is 9.94. The van der Waals surface area contributed by atoms with E-state index in [0.29, 0.717) is 0 Å². The Morgan fingerprint density at radius 2 is 1.63 bits per heavy atom. The van der Waals surface area contributed by atoms with E-state index in [1.165, 1.54) is 11.1 Å². The van der Waals surface area contributed by atoms with Gasteiger partial charge in [0.15, 0.2) is 6.10 Å². The zero-order chi connectivity index (χ0) is 21.6. The Labute approximate surface area is 181 Å². The molecule has 0 aliphatic carbocycles. The van der Waals surface area contributed by atoms with Crippen LogP contribution < -0.4 is 4.74 Å². The second-order valence-electron chi connectivity index (χ2n) is 8.97. The molecule has 0 saturated carbocycles. The molecule has 1 amide bonds. The first kappa shape index (κ1) is 22.1. The van der Waals surface area contributed by atoms with Crippen molar-refractivity contribution in [3.63, 3.8) is 0 Å². The van der Waals surface area contributed by atoms with Crippen LogP contribution in [0.3, 0.4) is 0 Å². The fraction of sp³-hybridized carbons (Fsp3) is 0.423. The number of nitrogens with zero attached hydrogens (tertiary/aromatic N) is 2. The highest BCUT2D eigenvalue weighted by Crippen LogP contribution is 2.24. The summed E-state index contributed by atoms with van der Waals surface area (Å²) in [6.07, 6.45) is 3.87. The van der Waals surface area contributed by atoms with Crippen LogP contribution in [0.1, 0.15) is 38.8 Å². The van der Waals surface area contributed by atoms with Gasteiger partial charge >= 0.3 is 0 Å². The Kier molecular flexibility index (Phi) is 7.33. The molecule has 2 aromatic rings. The third kappa shape index (κ3) is 6.20. The topological polar surface area (TPSA) is 32.8 Å². The summed E-state index contributed by atoms with van der Waals surface area (Å²) in [5, 5.41) is 0. The summed E-state index contributed by atoms with van der Waals surface area (Å²) in [6.45, 7) is 12.6. The molecule has 3 rings (SSSR count). The van der Waals surface area contributed by atoms with Crippen molar-refractivity contribution in [2.75, 3.05) is 32.7 Å². The van der Waals surface area contributed by atoms with Crippen molar-refractivity contribution in [3.05, 3.63) is 71.8 Å². The molecule has 2 aromatic carbocycles. The lowest BCUT2D eigenvalue weighted by molar-refractivity contribution is -0.139. The lowest BCUT2D eigenvalue weighted by atomic mass is 9.87. The SMILES string of the molecule is C[C@H](Oc1ccc(C(C)(C)C)cc1)C(=O)N1CCN(C/C=C/c2ccccc2)CC1. The molecule has 1 saturated heterocycles. The number of ether oxygens (including phenoxy) is 1. The molecule has 1 atom stereocenters. The lowest BCUT2D eigenvalue weighted by Crippen LogP contribution is -2.51. The summed E-state index contributed by atoms with van der Waals surface area (Å²) in [5.74, 6) is 0.808. The molecule has 1 aliphatic heterocycles. The highest BCUT2D eigenvalue weighted by Gasteiger charge is 2.25. The van der Waals surface area contributed by atoms with Crippen molar-refractivity contribution in [2.45, 2.75) is 39.2 Å². The van der Waals surface area contributed by atoms with Gasteiger partial charge in [-0.05, 0) is 35.6 Å². The van der Waals surface area contributed by atoms with Crippen LogP contribution >= 0.6 is 0 Å². The maximum atomic E-state index is 12.8. The van der Waals surface area contributed by atoms with Gasteiger partial charge in [0.1, 0.15) is 5.75 Å². The number of carbonyl (C=O) groups excluding carboxylic acids is 1. The summed E-state index contributed by atoms with van der Waals surface area (Å²) in [5.41, 5.74) is 2.58. The van der Waals surface area contributed by atoms with Crippen molar-refractivity contribution < 1.29 is 9.53 Å². The van der Waals surface area contributed by atoms with Gasteiger partial charge in [0.2, 0.25) is 0 Å². The van der Waals surface area contributed by atoms with Gasteiger partial charge in [-0.15, -0.1) is 0 Å². The number of amides is 1. The van der Waals surface area contributed by atoms with E-state index in [4.69, 9.17) is 4.74 Å². The van der Waals surface area contributed by atoms with Crippen LogP contribution in [-0.4, -0.2) is 54.5 Å². The molecular weight excluding hydrogens is 372 g/mol. The standard InChI is InChI=1S/C26H34N2O2/c1-21(30-24-14-12-23(13-15-24)26(2,3)4)25(29)28-19-17-27(18-20-28)16-8-11-22-9-6-5-7-10-22/h5-15,21H,16-20H2,1-4H3/b11-8+/t21-/m0/s1. The van der Waals surface area contributed by atoms with E-state index >= 15 is 0 Å². The molecule has 0 unspecified atom stereocenters. The van der Waals surface area contributed by atoms with Gasteiger partial charge in [0, 0.05) is 32.7 Å². The van der Waals surface area contributed by atoms with Gasteiger partial charge < -0.3 is 9.64 Å². The Balaban J connectivity index is 1.44. The molecular formula is C26H34N2O2. The highest BCUT2D eigenvalue weighted by molar-refractivity contribution is 5.81. The van der Waals surface area contributed by atoms with Crippen LogP contribution in [0.4, 0.5) is 0 Å². The third-order valence-electron chi connectivity index (χ3n) is 5.54. The first-order valence-corrected chi connectivity index (χ1v) is 10.8. The van der Waals surface area contributed by atoms with Gasteiger partial charge in [-0.25, -0.2) is 0 Å². The Bertz CT molecular complexity index is 830. The Morgan fingerprint density at radius 1 is 1.00 bits per heavy atom. The number of hydrogen-bond donors (Lipinski definition) is 0. The summed E-state index contributed by atoms with van der Waals surface area (Å²) in [7, 11) is 0. The van der Waals surface area contributed by atoms with Crippen LogP contribution in [0.15, 0.2) is 60.7 Å². The minimum absolute atomic E-state index is 0.0642. The van der Waals surface area contributed by atoms with Crippen LogP contribution in [0, 0.1) is 0 Å². The largest absolute Gasteiger partial charge is 0.481 e. The molecule has 1 fully saturated rings. The molecule has 0 N–H and O–H groups in total. The molecule has 1 aliphatic rings. The Morgan fingerprint density at radius 3 is 2.23 bits per heavy atom. The van der Waals surface area contributed by atoms with Gasteiger partial charge in [0.25, 0.3) is 5.91 Å². The summed E-state index contributed by atoms with van der Waals surface area (Å²) in [4.78, 5) is 17.1. The molecule has 0 bridgehead atoms. The van der Waals surface area contributed by atoms with Crippen LogP contribution in [0.2, 0.25) is 0 Å². The quantitative estimate of drug-likeness (QED) is 0.702. The first-order chi connectivity index (χ1) is 14.3. The van der Waals surface area contributed by atoms with E-state index in [2.05, 4.69) is 62.1 Å². The number of carbonyl (C=O) groups is 1. The molecule has 160 valence electrons. The zero-order valence-electron chi connectivity index (χ0n) is 18.7. The highest BCUT2D eigenvalue weighted by atomic mass is 16.5. The molecule has 30 heavy (non-hydrogen) atoms. The molecule has 0 radical (unpaired) electrons. The summed E-state index contributed by atoms with van der Waals surface area (Å²) in [6, 6.07) is 18.4. The minimum atomic E-state index is -0.477. The third-order valence-corrected chi connectivity index (χ3v) is 5.54. The maximum absolute atomic E-state index is 12.8. The number of rotatable bonds is 6. The Hall–Kier alpha value is -2.59. The van der Waals surface area contributed by atoms with Crippen molar-refractivity contribution >= 4 is 12.0 Å². The van der Waals surface area contributed by atoms with E-state index in [9.17, 15) is 4.79 Å². The van der Waals surface area contributed by atoms with E-state index in [1.807, 2.05) is 42.2 Å². The van der Waals surface area contributed by atoms with E-state index in [0.717, 1.165) is 38.5 Å². The smallest absolute Gasteiger partial charge is 0.263 e. The van der Waals surface area contributed by atoms with Crippen LogP contribution in [0.25, 0.3) is 6.08 Å².